The Labute approximate surface area is 65.9 Å². The van der Waals surface area contributed by atoms with Crippen molar-refractivity contribution >= 4 is 20.7 Å². The summed E-state index contributed by atoms with van der Waals surface area (Å²) in [4.78, 5) is 0. The molecule has 0 N–H and O–H groups in total. The molecular weight excluding hydrogens is 237 g/mol. The maximum atomic E-state index is 9.90. The zero-order chi connectivity index (χ0) is 4.50. The van der Waals surface area contributed by atoms with Crippen LogP contribution < -0.4 is 34.3 Å². The molecule has 0 atom stereocenters. The van der Waals surface area contributed by atoms with Crippen molar-refractivity contribution in [3.8, 4) is 0 Å². The first-order chi connectivity index (χ1) is 2.00. The van der Waals surface area contributed by atoms with Crippen molar-refractivity contribution in [3.63, 3.8) is 0 Å². The second-order valence-electron chi connectivity index (χ2n) is 0.429. The summed E-state index contributed by atoms with van der Waals surface area (Å²) >= 11 is -7.18. The zero-order valence-electron chi connectivity index (χ0n) is 3.39. The van der Waals surface area contributed by atoms with Crippen molar-refractivity contribution in [2.45, 2.75) is 0 Å². The zero-order valence-corrected chi connectivity index (χ0v) is 8.24. The van der Waals surface area contributed by atoms with Crippen LogP contribution in [0.4, 0.5) is 11.5 Å². The first-order valence-electron chi connectivity index (χ1n) is 0.756. The van der Waals surface area contributed by atoms with E-state index in [0.29, 0.717) is 0 Å². The monoisotopic (exact) mass is 238 g/mol. The van der Waals surface area contributed by atoms with Gasteiger partial charge in [-0.1, -0.05) is 0 Å². The molecule has 40 valence electrons. The summed E-state index contributed by atoms with van der Waals surface area (Å²) in [6.07, 6.45) is 0. The number of rotatable bonds is 0. The molecule has 0 aliphatic carbocycles. The topological polar surface area (TPSA) is 0 Å². The van der Waals surface area contributed by atoms with Crippen LogP contribution in [0.15, 0.2) is 0 Å². The van der Waals surface area contributed by atoms with Gasteiger partial charge >= 0.3 is 61.7 Å². The number of hydrogen-bond donors (Lipinski definition) is 0. The molecule has 0 spiro atoms. The minimum absolute atomic E-state index is 0. The van der Waals surface area contributed by atoms with E-state index in [2.05, 4.69) is 0 Å². The average molecular weight is 237 g/mol. The predicted molar refractivity (Wildman–Crippen MR) is 10.2 cm³/mol. The van der Waals surface area contributed by atoms with E-state index in [1.165, 1.54) is 0 Å². The SMILES string of the molecule is [F-].[F][Sn]([F])([F])[F].[Na+]. The van der Waals surface area contributed by atoms with Gasteiger partial charge in [-0.3, -0.25) is 0 Å². The van der Waals surface area contributed by atoms with Crippen LogP contribution in [-0.2, 0) is 0 Å². The van der Waals surface area contributed by atoms with E-state index in [-0.39, 0.29) is 34.3 Å². The van der Waals surface area contributed by atoms with Crippen LogP contribution in [0.2, 0.25) is 0 Å². The summed E-state index contributed by atoms with van der Waals surface area (Å²) in [6.45, 7) is 0. The normalized spacial score (nSPS) is 8.57. The van der Waals surface area contributed by atoms with E-state index in [9.17, 15) is 11.5 Å². The molecule has 0 aliphatic heterocycles. The molecule has 0 aromatic heterocycles. The molecule has 0 heterocycles. The summed E-state index contributed by atoms with van der Waals surface area (Å²) in [5, 5.41) is 0. The molecule has 0 aromatic carbocycles. The van der Waals surface area contributed by atoms with Gasteiger partial charge in [0.05, 0.1) is 0 Å². The van der Waals surface area contributed by atoms with Crippen LogP contribution in [0.5, 0.6) is 0 Å². The molecule has 0 bridgehead atoms. The molecule has 0 fully saturated rings. The van der Waals surface area contributed by atoms with Gasteiger partial charge in [-0.15, -0.1) is 0 Å². The Morgan fingerprint density at radius 3 is 0.857 bits per heavy atom. The first-order valence-corrected chi connectivity index (χ1v) is 5.07. The fourth-order valence-corrected chi connectivity index (χ4v) is 0. The summed E-state index contributed by atoms with van der Waals surface area (Å²) < 4.78 is 39.6. The van der Waals surface area contributed by atoms with Gasteiger partial charge in [-0.05, 0) is 0 Å². The molecule has 0 rings (SSSR count). The molecule has 7 heteroatoms. The van der Waals surface area contributed by atoms with Crippen molar-refractivity contribution in [3.05, 3.63) is 0 Å². The Hall–Kier alpha value is 1.45. The van der Waals surface area contributed by atoms with Gasteiger partial charge in [-0.25, -0.2) is 0 Å². The van der Waals surface area contributed by atoms with Gasteiger partial charge in [-0.2, -0.15) is 0 Å². The molecule has 0 saturated carbocycles. The van der Waals surface area contributed by atoms with E-state index >= 15 is 0 Å². The van der Waals surface area contributed by atoms with Crippen molar-refractivity contribution < 1.29 is 45.7 Å². The quantitative estimate of drug-likeness (QED) is 0.293. The maximum absolute atomic E-state index is 9.90. The Morgan fingerprint density at radius 1 is 0.857 bits per heavy atom. The molecular formula is F5NaSn. The van der Waals surface area contributed by atoms with E-state index in [1.54, 1.807) is 0 Å². The fraction of sp³-hybridized carbons (Fsp3) is 0. The first kappa shape index (κ1) is 15.8. The summed E-state index contributed by atoms with van der Waals surface area (Å²) in [5.74, 6) is 0. The van der Waals surface area contributed by atoms with Gasteiger partial charge in [0, 0.05) is 0 Å². The van der Waals surface area contributed by atoms with Crippen LogP contribution in [0.25, 0.3) is 0 Å². The number of hydrogen-bond acceptors (Lipinski definition) is 0. The van der Waals surface area contributed by atoms with Gasteiger partial charge in [0.25, 0.3) is 0 Å². The van der Waals surface area contributed by atoms with Crippen molar-refractivity contribution in [1.29, 1.82) is 0 Å². The molecule has 0 aromatic rings. The average Bonchev–Trinajstić information content (AvgIpc) is 0.722. The van der Waals surface area contributed by atoms with Crippen molar-refractivity contribution in [1.82, 2.24) is 0 Å². The van der Waals surface area contributed by atoms with E-state index in [1.807, 2.05) is 0 Å². The molecule has 0 aliphatic rings. The van der Waals surface area contributed by atoms with E-state index in [4.69, 9.17) is 0 Å². The van der Waals surface area contributed by atoms with Gasteiger partial charge < -0.3 is 4.70 Å². The van der Waals surface area contributed by atoms with Crippen LogP contribution >= 0.6 is 0 Å². The van der Waals surface area contributed by atoms with Crippen LogP contribution in [-0.4, -0.2) is 20.7 Å². The molecule has 7 heavy (non-hydrogen) atoms. The van der Waals surface area contributed by atoms with Crippen LogP contribution in [0.3, 0.4) is 0 Å². The van der Waals surface area contributed by atoms with Crippen molar-refractivity contribution in [2.24, 2.45) is 0 Å². The maximum Gasteiger partial charge on any atom is 1.00 e. The second kappa shape index (κ2) is 5.58. The number of halogens is 5. The third kappa shape index (κ3) is 105. The summed E-state index contributed by atoms with van der Waals surface area (Å²) in [6, 6.07) is 0. The minimum Gasteiger partial charge on any atom is 1.00 e. The molecule has 0 nitrogen and oxygen atoms in total. The second-order valence-corrected chi connectivity index (χ2v) is 2.87. The largest absolute Gasteiger partial charge is 1.00 e. The van der Waals surface area contributed by atoms with Crippen LogP contribution in [0, 0.1) is 0 Å². The third-order valence-electron chi connectivity index (χ3n) is 0. The Kier molecular flexibility index (Phi) is 12.6. The molecule has 0 amide bonds. The third-order valence-corrected chi connectivity index (χ3v) is 0. The smallest absolute Gasteiger partial charge is 1.00 e. The molecule has 0 radical (unpaired) electrons. The van der Waals surface area contributed by atoms with Crippen molar-refractivity contribution in [2.75, 3.05) is 0 Å². The van der Waals surface area contributed by atoms with Gasteiger partial charge in [0.1, 0.15) is 0 Å². The standard InChI is InChI=1S/5FH.Na.Sn/h5*1H;;/q;;;;;+1;+4/p-5. The van der Waals surface area contributed by atoms with Gasteiger partial charge in [0.15, 0.2) is 0 Å². The Morgan fingerprint density at radius 2 is 0.857 bits per heavy atom. The fourth-order valence-electron chi connectivity index (χ4n) is 0. The minimum atomic E-state index is -7.18. The molecule has 0 unspecified atom stereocenters. The van der Waals surface area contributed by atoms with E-state index < -0.39 is 20.7 Å². The van der Waals surface area contributed by atoms with Gasteiger partial charge in [0.2, 0.25) is 0 Å². The van der Waals surface area contributed by atoms with Crippen LogP contribution in [0.1, 0.15) is 0 Å². The predicted octanol–water partition coefficient (Wildman–Crippen LogP) is -4.69. The summed E-state index contributed by atoms with van der Waals surface area (Å²) in [5.41, 5.74) is 0. The summed E-state index contributed by atoms with van der Waals surface area (Å²) in [7, 11) is 0. The Bertz CT molecular complexity index is 23.6. The molecule has 0 saturated heterocycles. The van der Waals surface area contributed by atoms with E-state index in [0.717, 1.165) is 0 Å². The Balaban J connectivity index is -0.0000000800.